The largest absolute Gasteiger partial charge is 0.331 e. The zero-order chi connectivity index (χ0) is 14.9. The Morgan fingerprint density at radius 3 is 2.75 bits per heavy atom. The normalized spacial score (nSPS) is 17.9. The molecule has 0 unspecified atom stereocenters. The van der Waals surface area contributed by atoms with Gasteiger partial charge in [-0.1, -0.05) is 6.07 Å². The first-order valence-electron chi connectivity index (χ1n) is 6.61. The van der Waals surface area contributed by atoms with E-state index < -0.39 is 4.92 Å². The highest BCUT2D eigenvalue weighted by Crippen LogP contribution is 2.24. The van der Waals surface area contributed by atoms with Gasteiger partial charge in [0.15, 0.2) is 0 Å². The van der Waals surface area contributed by atoms with E-state index >= 15 is 0 Å². The number of benzene rings is 1. The molecule has 2 rings (SSSR count). The van der Waals surface area contributed by atoms with E-state index in [0.29, 0.717) is 18.7 Å². The van der Waals surface area contributed by atoms with Crippen LogP contribution < -0.4 is 5.32 Å². The van der Waals surface area contributed by atoms with E-state index in [0.717, 1.165) is 12.1 Å². The van der Waals surface area contributed by atoms with E-state index in [9.17, 15) is 14.9 Å². The van der Waals surface area contributed by atoms with Gasteiger partial charge in [0.2, 0.25) is 0 Å². The average Bonchev–Trinajstić information content (AvgIpc) is 2.37. The molecule has 0 saturated carbocycles. The van der Waals surface area contributed by atoms with Gasteiger partial charge in [0.25, 0.3) is 11.6 Å². The quantitative estimate of drug-likeness (QED) is 0.660. The predicted octanol–water partition coefficient (Wildman–Crippen LogP) is 1.73. The number of hydrogen-bond donors (Lipinski definition) is 1. The number of non-ortho nitro benzene ring substituents is 1. The lowest BCUT2D eigenvalue weighted by molar-refractivity contribution is -0.384. The number of carbonyl (C=O) groups is 1. The van der Waals surface area contributed by atoms with Crippen LogP contribution in [0.25, 0.3) is 0 Å². The van der Waals surface area contributed by atoms with E-state index in [1.807, 2.05) is 13.8 Å². The lowest BCUT2D eigenvalue weighted by atomic mass is 9.97. The van der Waals surface area contributed by atoms with Gasteiger partial charge in [-0.15, -0.1) is 0 Å². The maximum Gasteiger partial charge on any atom is 0.270 e. The fraction of sp³-hybridized carbons (Fsp3) is 0.500. The number of nitro groups is 1. The van der Waals surface area contributed by atoms with Crippen LogP contribution in [0.2, 0.25) is 0 Å². The van der Waals surface area contributed by atoms with Crippen LogP contribution in [0.15, 0.2) is 18.2 Å². The zero-order valence-corrected chi connectivity index (χ0v) is 12.0. The van der Waals surface area contributed by atoms with Crippen molar-refractivity contribution >= 4 is 11.6 Å². The fourth-order valence-corrected chi connectivity index (χ4v) is 2.46. The molecule has 1 aromatic rings. The minimum atomic E-state index is -0.473. The number of nitro benzene ring substituents is 1. The summed E-state index contributed by atoms with van der Waals surface area (Å²) in [4.78, 5) is 24.9. The number of aryl methyl sites for hydroxylation is 1. The molecular formula is C14H19N3O3. The van der Waals surface area contributed by atoms with Crippen LogP contribution in [0.1, 0.15) is 29.8 Å². The summed E-state index contributed by atoms with van der Waals surface area (Å²) in [5.41, 5.74) is 0.822. The van der Waals surface area contributed by atoms with Crippen LogP contribution in [0.4, 0.5) is 5.69 Å². The second kappa shape index (κ2) is 5.20. The standard InChI is InChI=1S/C14H19N3O3/c1-10-4-5-11(17(19)20)8-12(10)13(18)16-7-6-15-9-14(16,2)3/h4-5,8,15H,6-7,9H2,1-3H3. The third-order valence-corrected chi connectivity index (χ3v) is 3.71. The summed E-state index contributed by atoms with van der Waals surface area (Å²) in [7, 11) is 0. The lowest BCUT2D eigenvalue weighted by Crippen LogP contribution is -2.59. The van der Waals surface area contributed by atoms with Crippen molar-refractivity contribution in [3.8, 4) is 0 Å². The first-order chi connectivity index (χ1) is 9.33. The fourth-order valence-electron chi connectivity index (χ4n) is 2.46. The molecule has 108 valence electrons. The van der Waals surface area contributed by atoms with Gasteiger partial charge in [-0.05, 0) is 26.3 Å². The molecule has 20 heavy (non-hydrogen) atoms. The minimum Gasteiger partial charge on any atom is -0.331 e. The van der Waals surface area contributed by atoms with Gasteiger partial charge in [-0.2, -0.15) is 0 Å². The van der Waals surface area contributed by atoms with Crippen molar-refractivity contribution < 1.29 is 9.72 Å². The monoisotopic (exact) mass is 277 g/mol. The molecule has 1 N–H and O–H groups in total. The Bertz CT molecular complexity index is 555. The molecular weight excluding hydrogens is 258 g/mol. The first-order valence-corrected chi connectivity index (χ1v) is 6.61. The van der Waals surface area contributed by atoms with Gasteiger partial charge in [-0.25, -0.2) is 0 Å². The molecule has 1 heterocycles. The van der Waals surface area contributed by atoms with E-state index in [1.165, 1.54) is 12.1 Å². The van der Waals surface area contributed by atoms with Gasteiger partial charge < -0.3 is 10.2 Å². The van der Waals surface area contributed by atoms with Gasteiger partial charge >= 0.3 is 0 Å². The Morgan fingerprint density at radius 1 is 1.45 bits per heavy atom. The summed E-state index contributed by atoms with van der Waals surface area (Å²) in [6, 6.07) is 4.42. The Kier molecular flexibility index (Phi) is 3.76. The Balaban J connectivity index is 2.37. The Hall–Kier alpha value is -1.95. The molecule has 0 aromatic heterocycles. The second-order valence-corrected chi connectivity index (χ2v) is 5.70. The van der Waals surface area contributed by atoms with Crippen LogP contribution in [-0.2, 0) is 0 Å². The van der Waals surface area contributed by atoms with E-state index in [4.69, 9.17) is 0 Å². The minimum absolute atomic E-state index is 0.0492. The third-order valence-electron chi connectivity index (χ3n) is 3.71. The molecule has 0 radical (unpaired) electrons. The SMILES string of the molecule is Cc1ccc([N+](=O)[O-])cc1C(=O)N1CCNCC1(C)C. The van der Waals surface area contributed by atoms with Crippen LogP contribution in [-0.4, -0.2) is 40.9 Å². The number of hydrogen-bond acceptors (Lipinski definition) is 4. The molecule has 6 heteroatoms. The molecule has 1 saturated heterocycles. The van der Waals surface area contributed by atoms with Gasteiger partial charge in [0, 0.05) is 37.3 Å². The summed E-state index contributed by atoms with van der Waals surface area (Å²) in [5, 5.41) is 14.1. The molecule has 0 aliphatic carbocycles. The summed E-state index contributed by atoms with van der Waals surface area (Å²) in [6.45, 7) is 7.84. The second-order valence-electron chi connectivity index (χ2n) is 5.70. The highest BCUT2D eigenvalue weighted by atomic mass is 16.6. The van der Waals surface area contributed by atoms with Crippen molar-refractivity contribution in [1.29, 1.82) is 0 Å². The van der Waals surface area contributed by atoms with Crippen LogP contribution >= 0.6 is 0 Å². The molecule has 0 bridgehead atoms. The van der Waals surface area contributed by atoms with Crippen LogP contribution in [0.5, 0.6) is 0 Å². The van der Waals surface area contributed by atoms with Crippen molar-refractivity contribution in [2.24, 2.45) is 0 Å². The van der Waals surface area contributed by atoms with E-state index in [-0.39, 0.29) is 17.1 Å². The summed E-state index contributed by atoms with van der Waals surface area (Å²) >= 11 is 0. The van der Waals surface area contributed by atoms with Gasteiger partial charge in [0.05, 0.1) is 10.5 Å². The molecule has 1 aromatic carbocycles. The highest BCUT2D eigenvalue weighted by Gasteiger charge is 2.34. The van der Waals surface area contributed by atoms with Crippen LogP contribution in [0.3, 0.4) is 0 Å². The van der Waals surface area contributed by atoms with Crippen molar-refractivity contribution in [3.05, 3.63) is 39.4 Å². The zero-order valence-electron chi connectivity index (χ0n) is 12.0. The molecule has 0 atom stereocenters. The topological polar surface area (TPSA) is 75.5 Å². The smallest absolute Gasteiger partial charge is 0.270 e. The summed E-state index contributed by atoms with van der Waals surface area (Å²) in [5.74, 6) is -0.141. The third kappa shape index (κ3) is 2.65. The molecule has 0 spiro atoms. The predicted molar refractivity (Wildman–Crippen MR) is 75.8 cm³/mol. The van der Waals surface area contributed by atoms with Crippen molar-refractivity contribution in [3.63, 3.8) is 0 Å². The molecule has 1 amide bonds. The van der Waals surface area contributed by atoms with Crippen molar-refractivity contribution in [2.75, 3.05) is 19.6 Å². The van der Waals surface area contributed by atoms with Crippen molar-refractivity contribution in [2.45, 2.75) is 26.3 Å². The lowest BCUT2D eigenvalue weighted by Gasteiger charge is -2.43. The van der Waals surface area contributed by atoms with Crippen LogP contribution in [0, 0.1) is 17.0 Å². The van der Waals surface area contributed by atoms with Gasteiger partial charge in [-0.3, -0.25) is 14.9 Å². The average molecular weight is 277 g/mol. The first kappa shape index (κ1) is 14.5. The molecule has 1 aliphatic heterocycles. The summed E-state index contributed by atoms with van der Waals surface area (Å²) in [6.07, 6.45) is 0. The number of piperazine rings is 1. The van der Waals surface area contributed by atoms with E-state index in [2.05, 4.69) is 5.32 Å². The van der Waals surface area contributed by atoms with E-state index in [1.54, 1.807) is 17.9 Å². The summed E-state index contributed by atoms with van der Waals surface area (Å²) < 4.78 is 0. The number of carbonyl (C=O) groups excluding carboxylic acids is 1. The molecule has 6 nitrogen and oxygen atoms in total. The number of nitrogens with one attached hydrogen (secondary N) is 1. The molecule has 1 aliphatic rings. The maximum absolute atomic E-state index is 12.7. The number of nitrogens with zero attached hydrogens (tertiary/aromatic N) is 2. The number of amides is 1. The van der Waals surface area contributed by atoms with Crippen molar-refractivity contribution in [1.82, 2.24) is 10.2 Å². The Morgan fingerprint density at radius 2 is 2.15 bits per heavy atom. The highest BCUT2D eigenvalue weighted by molar-refractivity contribution is 5.96. The molecule has 1 fully saturated rings. The Labute approximate surface area is 117 Å². The maximum atomic E-state index is 12.7. The van der Waals surface area contributed by atoms with Gasteiger partial charge in [0.1, 0.15) is 0 Å². The number of rotatable bonds is 2.